The first-order valence-corrected chi connectivity index (χ1v) is 15.0. The van der Waals surface area contributed by atoms with Gasteiger partial charge < -0.3 is 29.4 Å². The summed E-state index contributed by atoms with van der Waals surface area (Å²) in [6, 6.07) is 9.61. The number of benzene rings is 1. The molecule has 1 amide bonds. The SMILES string of the molecule is CNC(=O)c1c(-c2ccc(C)cc2)oc2nc(CN(CCCC3(OC(=O)O)CCNCC3)S(=O)[O-])c(C3CC3)cc12. The summed E-state index contributed by atoms with van der Waals surface area (Å²) in [5, 5.41) is 15.8. The molecule has 0 radical (unpaired) electrons. The van der Waals surface area contributed by atoms with Crippen LogP contribution in [0.25, 0.3) is 22.4 Å². The molecule has 1 aliphatic heterocycles. The molecule has 220 valence electrons. The van der Waals surface area contributed by atoms with Gasteiger partial charge in [0.05, 0.1) is 23.2 Å². The van der Waals surface area contributed by atoms with E-state index in [0.29, 0.717) is 61.2 Å². The molecular weight excluding hydrogens is 548 g/mol. The van der Waals surface area contributed by atoms with Gasteiger partial charge in [-0.15, -0.1) is 0 Å². The average Bonchev–Trinajstić information content (AvgIpc) is 3.72. The van der Waals surface area contributed by atoms with Crippen LogP contribution in [0.2, 0.25) is 0 Å². The fourth-order valence-corrected chi connectivity index (χ4v) is 6.14. The highest BCUT2D eigenvalue weighted by Gasteiger charge is 2.36. The van der Waals surface area contributed by atoms with Crippen molar-refractivity contribution >= 4 is 34.4 Å². The first-order valence-electron chi connectivity index (χ1n) is 13.9. The monoisotopic (exact) mass is 583 g/mol. The zero-order valence-corrected chi connectivity index (χ0v) is 24.1. The Labute approximate surface area is 241 Å². The van der Waals surface area contributed by atoms with Gasteiger partial charge in [-0.05, 0) is 76.1 Å². The van der Waals surface area contributed by atoms with Gasteiger partial charge in [0.2, 0.25) is 5.71 Å². The van der Waals surface area contributed by atoms with Crippen LogP contribution in [-0.2, 0) is 22.5 Å². The van der Waals surface area contributed by atoms with Crippen LogP contribution in [0.1, 0.15) is 71.6 Å². The standard InChI is InChI=1S/C29H36N4O7S/c1-18-4-6-20(7-5-18)25-24(26(34)30-2)22-16-21(19-8-9-19)23(32-27(22)39-25)17-33(41(37)38)15-3-10-29(40-28(35)36)11-13-31-14-12-29/h4-7,16,19,31H,3,8-15,17H2,1-2H3,(H,30,34)(H,35,36)(H,37,38)/p-1. The van der Waals surface area contributed by atoms with Gasteiger partial charge in [0.25, 0.3) is 5.91 Å². The predicted octanol–water partition coefficient (Wildman–Crippen LogP) is 4.23. The molecule has 41 heavy (non-hydrogen) atoms. The molecule has 1 unspecified atom stereocenters. The second kappa shape index (κ2) is 12.3. The van der Waals surface area contributed by atoms with E-state index in [9.17, 15) is 23.5 Å². The van der Waals surface area contributed by atoms with Crippen molar-refractivity contribution in [2.45, 2.75) is 63.5 Å². The Bertz CT molecular complexity index is 1450. The molecule has 1 aliphatic carbocycles. The molecule has 0 spiro atoms. The minimum atomic E-state index is -2.53. The number of nitrogens with one attached hydrogen (secondary N) is 2. The summed E-state index contributed by atoms with van der Waals surface area (Å²) in [6.45, 7) is 3.50. The van der Waals surface area contributed by atoms with Crippen molar-refractivity contribution in [1.82, 2.24) is 19.9 Å². The smallest absolute Gasteiger partial charge is 0.506 e. The number of carboxylic acid groups (broad SMARTS) is 1. The van der Waals surface area contributed by atoms with Gasteiger partial charge in [-0.25, -0.2) is 14.1 Å². The third-order valence-electron chi connectivity index (χ3n) is 7.98. The van der Waals surface area contributed by atoms with Gasteiger partial charge >= 0.3 is 6.16 Å². The Balaban J connectivity index is 1.44. The van der Waals surface area contributed by atoms with Gasteiger partial charge in [0, 0.05) is 30.4 Å². The number of fused-ring (bicyclic) bond motifs is 1. The van der Waals surface area contributed by atoms with E-state index in [2.05, 4.69) is 10.6 Å². The number of carbonyl (C=O) groups is 2. The molecule has 3 N–H and O–H groups in total. The Morgan fingerprint density at radius 2 is 1.98 bits per heavy atom. The van der Waals surface area contributed by atoms with E-state index in [0.717, 1.165) is 29.5 Å². The molecule has 2 fully saturated rings. The van der Waals surface area contributed by atoms with E-state index < -0.39 is 23.0 Å². The summed E-state index contributed by atoms with van der Waals surface area (Å²) in [5.41, 5.74) is 3.20. The maximum Gasteiger partial charge on any atom is 0.506 e. The van der Waals surface area contributed by atoms with E-state index in [4.69, 9.17) is 14.1 Å². The molecule has 3 aromatic rings. The number of aromatic nitrogens is 1. The molecule has 2 aliphatic rings. The van der Waals surface area contributed by atoms with Gasteiger partial charge in [0.1, 0.15) is 11.4 Å². The minimum Gasteiger partial charge on any atom is -0.760 e. The summed E-state index contributed by atoms with van der Waals surface area (Å²) >= 11 is -2.53. The summed E-state index contributed by atoms with van der Waals surface area (Å²) in [6.07, 6.45) is 2.54. The topological polar surface area (TPSA) is 157 Å². The van der Waals surface area contributed by atoms with E-state index in [1.165, 1.54) is 4.31 Å². The summed E-state index contributed by atoms with van der Waals surface area (Å²) in [5.74, 6) is 0.370. The molecule has 1 atom stereocenters. The number of furan rings is 1. The molecule has 1 aromatic carbocycles. The van der Waals surface area contributed by atoms with Crippen LogP contribution >= 0.6 is 0 Å². The molecule has 5 rings (SSSR count). The van der Waals surface area contributed by atoms with Gasteiger partial charge in [-0.3, -0.25) is 9.00 Å². The van der Waals surface area contributed by atoms with Crippen LogP contribution in [0.3, 0.4) is 0 Å². The Hall–Kier alpha value is -3.32. The number of rotatable bonds is 11. The van der Waals surface area contributed by atoms with Crippen LogP contribution in [0.4, 0.5) is 4.79 Å². The lowest BCUT2D eigenvalue weighted by atomic mass is 9.87. The van der Waals surface area contributed by atoms with Gasteiger partial charge in [0.15, 0.2) is 0 Å². The lowest BCUT2D eigenvalue weighted by Gasteiger charge is -2.36. The quantitative estimate of drug-likeness (QED) is 0.222. The van der Waals surface area contributed by atoms with E-state index >= 15 is 0 Å². The van der Waals surface area contributed by atoms with E-state index in [-0.39, 0.29) is 30.6 Å². The summed E-state index contributed by atoms with van der Waals surface area (Å²) < 4.78 is 37.3. The highest BCUT2D eigenvalue weighted by atomic mass is 32.2. The number of carbonyl (C=O) groups excluding carboxylic acids is 1. The molecule has 11 nitrogen and oxygen atoms in total. The molecule has 12 heteroatoms. The van der Waals surface area contributed by atoms with Crippen molar-refractivity contribution in [3.8, 4) is 11.3 Å². The molecule has 2 aromatic heterocycles. The number of pyridine rings is 1. The number of piperidine rings is 1. The van der Waals surface area contributed by atoms with E-state index in [1.807, 2.05) is 37.3 Å². The molecule has 0 bridgehead atoms. The minimum absolute atomic E-state index is 0.0438. The van der Waals surface area contributed by atoms with Crippen molar-refractivity contribution in [1.29, 1.82) is 0 Å². The molecule has 1 saturated heterocycles. The van der Waals surface area contributed by atoms with Crippen molar-refractivity contribution in [2.75, 3.05) is 26.7 Å². The highest BCUT2D eigenvalue weighted by molar-refractivity contribution is 7.76. The fourth-order valence-electron chi connectivity index (χ4n) is 5.63. The first-order chi connectivity index (χ1) is 19.7. The van der Waals surface area contributed by atoms with Crippen LogP contribution in [0.5, 0.6) is 0 Å². The Morgan fingerprint density at radius 3 is 2.59 bits per heavy atom. The second-order valence-corrected chi connectivity index (χ2v) is 11.8. The number of aryl methyl sites for hydroxylation is 1. The van der Waals surface area contributed by atoms with Crippen LogP contribution in [0, 0.1) is 6.92 Å². The summed E-state index contributed by atoms with van der Waals surface area (Å²) in [7, 11) is 1.57. The second-order valence-electron chi connectivity index (χ2n) is 10.9. The number of amides is 1. The van der Waals surface area contributed by atoms with E-state index in [1.54, 1.807) is 7.05 Å². The van der Waals surface area contributed by atoms with Crippen LogP contribution in [0.15, 0.2) is 34.7 Å². The van der Waals surface area contributed by atoms with Crippen molar-refractivity contribution in [3.05, 3.63) is 52.7 Å². The fraction of sp³-hybridized carbons (Fsp3) is 0.483. The number of ether oxygens (including phenoxy) is 1. The molecular formula is C29H35N4O7S-. The van der Waals surface area contributed by atoms with Crippen LogP contribution in [-0.4, -0.2) is 67.5 Å². The molecule has 3 heterocycles. The number of hydrogen-bond acceptors (Lipinski definition) is 8. The first kappa shape index (κ1) is 29.2. The lowest BCUT2D eigenvalue weighted by molar-refractivity contribution is -0.0441. The third kappa shape index (κ3) is 6.61. The predicted molar refractivity (Wildman–Crippen MR) is 152 cm³/mol. The Morgan fingerprint density at radius 1 is 1.27 bits per heavy atom. The normalized spacial score (nSPS) is 17.5. The molecule has 1 saturated carbocycles. The van der Waals surface area contributed by atoms with Crippen molar-refractivity contribution in [3.63, 3.8) is 0 Å². The number of nitrogens with zero attached hydrogens (tertiary/aromatic N) is 2. The van der Waals surface area contributed by atoms with Gasteiger partial charge in [-0.2, -0.15) is 0 Å². The number of hydrogen-bond donors (Lipinski definition) is 3. The zero-order chi connectivity index (χ0) is 29.1. The van der Waals surface area contributed by atoms with Crippen LogP contribution < -0.4 is 10.6 Å². The van der Waals surface area contributed by atoms with Crippen molar-refractivity contribution < 1.29 is 32.6 Å². The van der Waals surface area contributed by atoms with Crippen molar-refractivity contribution in [2.24, 2.45) is 0 Å². The third-order valence-corrected chi connectivity index (χ3v) is 8.71. The highest BCUT2D eigenvalue weighted by Crippen LogP contribution is 2.44. The Kier molecular flexibility index (Phi) is 8.74. The largest absolute Gasteiger partial charge is 0.760 e. The maximum atomic E-state index is 13.0. The van der Waals surface area contributed by atoms with Gasteiger partial charge in [-0.1, -0.05) is 29.8 Å². The summed E-state index contributed by atoms with van der Waals surface area (Å²) in [4.78, 5) is 29.1. The maximum absolute atomic E-state index is 13.0. The zero-order valence-electron chi connectivity index (χ0n) is 23.2. The average molecular weight is 584 g/mol. The lowest BCUT2D eigenvalue weighted by Crippen LogP contribution is -2.45.